The van der Waals surface area contributed by atoms with Crippen LogP contribution in [0.1, 0.15) is 29.1 Å². The van der Waals surface area contributed by atoms with E-state index < -0.39 is 0 Å². The van der Waals surface area contributed by atoms with Gasteiger partial charge in [0.25, 0.3) is 0 Å². The van der Waals surface area contributed by atoms with Gasteiger partial charge in [0.05, 0.1) is 6.85 Å². The highest BCUT2D eigenvalue weighted by molar-refractivity contribution is 7.99. The van der Waals surface area contributed by atoms with Gasteiger partial charge in [-0.3, -0.25) is 0 Å². The molecule has 1 heteroatoms. The maximum absolute atomic E-state index is 8.85. The van der Waals surface area contributed by atoms with Crippen molar-refractivity contribution in [2.75, 3.05) is 0 Å². The van der Waals surface area contributed by atoms with Gasteiger partial charge in [-0.2, -0.15) is 0 Å². The van der Waals surface area contributed by atoms with E-state index in [1.165, 1.54) is 75.1 Å². The van der Waals surface area contributed by atoms with Crippen LogP contribution in [0.25, 0.3) is 65.3 Å². The van der Waals surface area contributed by atoms with Crippen molar-refractivity contribution in [1.29, 1.82) is 0 Å². The molecular formula is C46H30S. The Morgan fingerprint density at radius 2 is 1.09 bits per heavy atom. The van der Waals surface area contributed by atoms with Crippen LogP contribution in [0, 0.1) is 0 Å². The van der Waals surface area contributed by atoms with E-state index in [0.29, 0.717) is 18.4 Å². The summed E-state index contributed by atoms with van der Waals surface area (Å²) in [6, 6.07) is 44.1. The van der Waals surface area contributed by atoms with Gasteiger partial charge >= 0.3 is 0 Å². The lowest BCUT2D eigenvalue weighted by atomic mass is 9.88. The first-order valence-electron chi connectivity index (χ1n) is 18.5. The normalized spacial score (nSPS) is 13.8. The molecule has 0 saturated carbocycles. The van der Waals surface area contributed by atoms with Gasteiger partial charge in [-0.05, 0) is 107 Å². The molecule has 10 rings (SSSR count). The third kappa shape index (κ3) is 4.38. The summed E-state index contributed by atoms with van der Waals surface area (Å²) >= 11 is 1.81. The van der Waals surface area contributed by atoms with E-state index in [1.807, 2.05) is 23.9 Å². The molecule has 1 aliphatic rings. The minimum atomic E-state index is -0.382. The number of benzene rings is 9. The van der Waals surface area contributed by atoms with Gasteiger partial charge in [-0.1, -0.05) is 157 Å². The second kappa shape index (κ2) is 10.6. The Morgan fingerprint density at radius 1 is 0.447 bits per heavy atom. The highest BCUT2D eigenvalue weighted by atomic mass is 32.2. The lowest BCUT2D eigenvalue weighted by molar-refractivity contribution is 1.15. The second-order valence-electron chi connectivity index (χ2n) is 12.5. The minimum absolute atomic E-state index is 0.186. The van der Waals surface area contributed by atoms with Crippen LogP contribution in [0.4, 0.5) is 0 Å². The van der Waals surface area contributed by atoms with Crippen LogP contribution in [0.3, 0.4) is 0 Å². The number of fused-ring (bicyclic) bond motifs is 2. The summed E-state index contributed by atoms with van der Waals surface area (Å²) in [6.45, 7) is 0. The Hall–Kier alpha value is -5.37. The van der Waals surface area contributed by atoms with E-state index in [0.717, 1.165) is 11.1 Å². The lowest BCUT2D eigenvalue weighted by Gasteiger charge is -2.21. The third-order valence-electron chi connectivity index (χ3n) is 9.74. The first kappa shape index (κ1) is 22.2. The summed E-state index contributed by atoms with van der Waals surface area (Å²) in [4.78, 5) is 2.51. The Bertz CT molecular complexity index is 2900. The molecule has 220 valence electrons. The zero-order chi connectivity index (χ0) is 35.2. The standard InChI is InChI=1S/C46H30S/c1-2-8-31(9-3-1)37-27-29(25-35-19-18-34-17-16-32-10-6-11-33-20-22-39(35)45(34)44(32)33)24-30(28-37)26-36-21-23-43-46-38(36)13-7-14-41(46)40-12-4-5-15-42(40)47-43/h1-24,27-28H,25-26H2/i1D,2D,3D,8D,9D. The third-order valence-corrected chi connectivity index (χ3v) is 10.9. The zero-order valence-corrected chi connectivity index (χ0v) is 26.3. The molecule has 47 heavy (non-hydrogen) atoms. The highest BCUT2D eigenvalue weighted by Gasteiger charge is 2.20. The van der Waals surface area contributed by atoms with E-state index in [9.17, 15) is 0 Å². The average Bonchev–Trinajstić information content (AvgIpc) is 3.17. The molecule has 0 saturated heterocycles. The largest absolute Gasteiger partial charge is 0.0888 e. The van der Waals surface area contributed by atoms with Crippen LogP contribution in [0.5, 0.6) is 0 Å². The van der Waals surface area contributed by atoms with Crippen LogP contribution in [0.2, 0.25) is 0 Å². The van der Waals surface area contributed by atoms with Gasteiger partial charge in [0.15, 0.2) is 0 Å². The van der Waals surface area contributed by atoms with Gasteiger partial charge in [-0.15, -0.1) is 0 Å². The molecular weight excluding hydrogens is 585 g/mol. The smallest absolute Gasteiger partial charge is 0.0629 e. The van der Waals surface area contributed by atoms with Crippen molar-refractivity contribution in [1.82, 2.24) is 0 Å². The summed E-state index contributed by atoms with van der Waals surface area (Å²) in [5.41, 5.74) is 7.79. The molecule has 0 amide bonds. The molecule has 1 aliphatic heterocycles. The highest BCUT2D eigenvalue weighted by Crippen LogP contribution is 2.48. The fourth-order valence-corrected chi connectivity index (χ4v) is 8.82. The Labute approximate surface area is 285 Å². The van der Waals surface area contributed by atoms with E-state index in [4.69, 9.17) is 6.85 Å². The predicted octanol–water partition coefficient (Wildman–Crippen LogP) is 12.7. The fraction of sp³-hybridized carbons (Fsp3) is 0.0435. The van der Waals surface area contributed by atoms with Gasteiger partial charge < -0.3 is 0 Å². The summed E-state index contributed by atoms with van der Waals surface area (Å²) < 4.78 is 42.8. The molecule has 0 spiro atoms. The van der Waals surface area contributed by atoms with Crippen molar-refractivity contribution in [3.8, 4) is 22.3 Å². The van der Waals surface area contributed by atoms with E-state index in [1.54, 1.807) is 0 Å². The maximum Gasteiger partial charge on any atom is 0.0629 e. The van der Waals surface area contributed by atoms with Gasteiger partial charge in [0.2, 0.25) is 0 Å². The maximum atomic E-state index is 8.85. The summed E-state index contributed by atoms with van der Waals surface area (Å²) in [5, 5.41) is 9.87. The van der Waals surface area contributed by atoms with Gasteiger partial charge in [-0.25, -0.2) is 0 Å². The molecule has 0 N–H and O–H groups in total. The molecule has 0 nitrogen and oxygen atoms in total. The number of hydrogen-bond acceptors (Lipinski definition) is 1. The zero-order valence-electron chi connectivity index (χ0n) is 30.4. The molecule has 0 radical (unpaired) electrons. The summed E-state index contributed by atoms with van der Waals surface area (Å²) in [7, 11) is 0. The van der Waals surface area contributed by atoms with Crippen LogP contribution in [-0.2, 0) is 12.8 Å². The van der Waals surface area contributed by atoms with Crippen molar-refractivity contribution in [2.24, 2.45) is 0 Å². The molecule has 0 bridgehead atoms. The molecule has 0 atom stereocenters. The summed E-state index contributed by atoms with van der Waals surface area (Å²) in [5.74, 6) is 0. The van der Waals surface area contributed by atoms with E-state index >= 15 is 0 Å². The molecule has 9 aromatic carbocycles. The van der Waals surface area contributed by atoms with Crippen molar-refractivity contribution >= 4 is 54.9 Å². The van der Waals surface area contributed by atoms with Gasteiger partial charge in [0.1, 0.15) is 0 Å². The predicted molar refractivity (Wildman–Crippen MR) is 201 cm³/mol. The Kier molecular flexibility index (Phi) is 5.00. The molecule has 0 fully saturated rings. The Morgan fingerprint density at radius 3 is 1.89 bits per heavy atom. The fourth-order valence-electron chi connectivity index (χ4n) is 7.69. The average molecular weight is 620 g/mol. The molecule has 1 heterocycles. The molecule has 0 aromatic heterocycles. The number of rotatable bonds is 5. The molecule has 0 unspecified atom stereocenters. The number of hydrogen-bond donors (Lipinski definition) is 0. The van der Waals surface area contributed by atoms with Crippen LogP contribution in [0.15, 0.2) is 167 Å². The quantitative estimate of drug-likeness (QED) is 0.173. The summed E-state index contributed by atoms with van der Waals surface area (Å²) in [6.07, 6.45) is 1.26. The molecule has 9 aromatic rings. The van der Waals surface area contributed by atoms with Crippen molar-refractivity contribution in [3.05, 3.63) is 180 Å². The van der Waals surface area contributed by atoms with Gasteiger partial charge in [0, 0.05) is 15.2 Å². The van der Waals surface area contributed by atoms with Crippen molar-refractivity contribution in [2.45, 2.75) is 22.6 Å². The van der Waals surface area contributed by atoms with Crippen LogP contribution in [-0.4, -0.2) is 0 Å². The van der Waals surface area contributed by atoms with E-state index in [-0.39, 0.29) is 35.8 Å². The Balaban J connectivity index is 1.15. The lowest BCUT2D eigenvalue weighted by Crippen LogP contribution is -1.98. The van der Waals surface area contributed by atoms with Crippen molar-refractivity contribution in [3.63, 3.8) is 0 Å². The minimum Gasteiger partial charge on any atom is -0.0888 e. The second-order valence-corrected chi connectivity index (χ2v) is 13.6. The SMILES string of the molecule is [2H]c1c([2H])c([2H])c(-c2cc(Cc3ccc4c5c(cccc35)-c3ccccc3S4)cc(Cc3ccc4ccc5cccc6ccc3c4c56)c2)c([2H])c1[2H]. The van der Waals surface area contributed by atoms with Crippen LogP contribution < -0.4 is 0 Å². The van der Waals surface area contributed by atoms with Crippen molar-refractivity contribution < 1.29 is 6.85 Å². The first-order chi connectivity index (χ1) is 25.3. The topological polar surface area (TPSA) is 0 Å². The van der Waals surface area contributed by atoms with Crippen LogP contribution >= 0.6 is 11.8 Å². The monoisotopic (exact) mass is 619 g/mol. The molecule has 0 aliphatic carbocycles. The first-order valence-corrected chi connectivity index (χ1v) is 16.8. The van der Waals surface area contributed by atoms with E-state index in [2.05, 4.69) is 115 Å².